The van der Waals surface area contributed by atoms with Crippen LogP contribution < -0.4 is 5.32 Å². The fraction of sp³-hybridized carbons (Fsp3) is 0.267. The number of morpholine rings is 1. The second kappa shape index (κ2) is 8.09. The summed E-state index contributed by atoms with van der Waals surface area (Å²) in [6.45, 7) is 2.35. The Hall–Kier alpha value is -1.44. The van der Waals surface area contributed by atoms with Gasteiger partial charge >= 0.3 is 0 Å². The SMILES string of the molecule is Cl.Cl.Clc1ccc2ncc(-c3cccc(C4CNCCO4)n3)n2n1. The van der Waals surface area contributed by atoms with Crippen LogP contribution in [-0.2, 0) is 4.74 Å². The lowest BCUT2D eigenvalue weighted by molar-refractivity contribution is 0.0251. The number of imidazole rings is 1. The highest BCUT2D eigenvalue weighted by Gasteiger charge is 2.18. The van der Waals surface area contributed by atoms with Crippen molar-refractivity contribution in [2.24, 2.45) is 0 Å². The first-order chi connectivity index (χ1) is 10.8. The van der Waals surface area contributed by atoms with Gasteiger partial charge in [-0.25, -0.2) is 14.5 Å². The average molecular weight is 389 g/mol. The fourth-order valence-corrected chi connectivity index (χ4v) is 2.69. The van der Waals surface area contributed by atoms with E-state index in [-0.39, 0.29) is 30.9 Å². The third-order valence-electron chi connectivity index (χ3n) is 3.62. The first-order valence-corrected chi connectivity index (χ1v) is 7.49. The molecule has 128 valence electrons. The van der Waals surface area contributed by atoms with Crippen molar-refractivity contribution in [3.8, 4) is 11.4 Å². The topological polar surface area (TPSA) is 64.3 Å². The fourth-order valence-electron chi connectivity index (χ4n) is 2.55. The summed E-state index contributed by atoms with van der Waals surface area (Å²) in [5.41, 5.74) is 3.25. The molecule has 1 N–H and O–H groups in total. The lowest BCUT2D eigenvalue weighted by atomic mass is 10.2. The van der Waals surface area contributed by atoms with Crippen molar-refractivity contribution >= 4 is 42.1 Å². The predicted molar refractivity (Wildman–Crippen MR) is 97.3 cm³/mol. The molecule has 0 saturated carbocycles. The number of hydrogen-bond acceptors (Lipinski definition) is 5. The molecular formula is C15H16Cl3N5O. The van der Waals surface area contributed by atoms with Gasteiger partial charge in [-0.2, -0.15) is 5.10 Å². The predicted octanol–water partition coefficient (Wildman–Crippen LogP) is 2.95. The van der Waals surface area contributed by atoms with Gasteiger partial charge in [0.2, 0.25) is 0 Å². The van der Waals surface area contributed by atoms with Crippen molar-refractivity contribution in [2.45, 2.75) is 6.10 Å². The van der Waals surface area contributed by atoms with Crippen LogP contribution in [0.25, 0.3) is 17.0 Å². The molecule has 24 heavy (non-hydrogen) atoms. The summed E-state index contributed by atoms with van der Waals surface area (Å²) >= 11 is 5.98. The van der Waals surface area contributed by atoms with Gasteiger partial charge in [0.15, 0.2) is 5.65 Å². The van der Waals surface area contributed by atoms with Crippen LogP contribution in [0.2, 0.25) is 5.15 Å². The monoisotopic (exact) mass is 387 g/mol. The van der Waals surface area contributed by atoms with E-state index < -0.39 is 0 Å². The van der Waals surface area contributed by atoms with E-state index in [1.54, 1.807) is 16.8 Å². The van der Waals surface area contributed by atoms with E-state index in [4.69, 9.17) is 21.3 Å². The number of ether oxygens (including phenoxy) is 1. The number of aromatic nitrogens is 4. The van der Waals surface area contributed by atoms with Gasteiger partial charge in [0, 0.05) is 13.1 Å². The van der Waals surface area contributed by atoms with Crippen molar-refractivity contribution in [3.05, 3.63) is 47.4 Å². The van der Waals surface area contributed by atoms with Crippen molar-refractivity contribution in [1.29, 1.82) is 0 Å². The summed E-state index contributed by atoms with van der Waals surface area (Å²) in [5.74, 6) is 0. The maximum absolute atomic E-state index is 5.98. The van der Waals surface area contributed by atoms with E-state index in [0.717, 1.165) is 35.8 Å². The second-order valence-electron chi connectivity index (χ2n) is 5.08. The summed E-state index contributed by atoms with van der Waals surface area (Å²) in [6, 6.07) is 9.44. The van der Waals surface area contributed by atoms with E-state index in [1.165, 1.54) is 0 Å². The van der Waals surface area contributed by atoms with Crippen molar-refractivity contribution in [3.63, 3.8) is 0 Å². The van der Waals surface area contributed by atoms with Crippen LogP contribution in [-0.4, -0.2) is 39.3 Å². The maximum Gasteiger partial charge on any atom is 0.154 e. The zero-order valence-electron chi connectivity index (χ0n) is 12.6. The lowest BCUT2D eigenvalue weighted by Crippen LogP contribution is -2.33. The van der Waals surface area contributed by atoms with Crippen molar-refractivity contribution in [2.75, 3.05) is 19.7 Å². The van der Waals surface area contributed by atoms with E-state index in [9.17, 15) is 0 Å². The molecule has 4 heterocycles. The highest BCUT2D eigenvalue weighted by molar-refractivity contribution is 6.29. The smallest absolute Gasteiger partial charge is 0.154 e. The molecule has 0 bridgehead atoms. The first kappa shape index (κ1) is 18.9. The van der Waals surface area contributed by atoms with Crippen molar-refractivity contribution in [1.82, 2.24) is 24.9 Å². The minimum Gasteiger partial charge on any atom is -0.369 e. The van der Waals surface area contributed by atoms with Gasteiger partial charge < -0.3 is 10.1 Å². The molecule has 1 saturated heterocycles. The zero-order chi connectivity index (χ0) is 14.9. The molecule has 1 fully saturated rings. The van der Waals surface area contributed by atoms with Gasteiger partial charge in [-0.1, -0.05) is 17.7 Å². The molecule has 4 rings (SSSR count). The molecule has 0 amide bonds. The van der Waals surface area contributed by atoms with Crippen LogP contribution >= 0.6 is 36.4 Å². The van der Waals surface area contributed by atoms with Crippen LogP contribution in [0.5, 0.6) is 0 Å². The lowest BCUT2D eigenvalue weighted by Gasteiger charge is -2.23. The summed E-state index contributed by atoms with van der Waals surface area (Å²) in [7, 11) is 0. The van der Waals surface area contributed by atoms with Crippen LogP contribution in [0.15, 0.2) is 36.5 Å². The molecule has 0 aromatic carbocycles. The molecular weight excluding hydrogens is 373 g/mol. The van der Waals surface area contributed by atoms with Gasteiger partial charge in [-0.3, -0.25) is 0 Å². The van der Waals surface area contributed by atoms with Crippen molar-refractivity contribution < 1.29 is 4.74 Å². The molecule has 0 aliphatic carbocycles. The van der Waals surface area contributed by atoms with E-state index >= 15 is 0 Å². The van der Waals surface area contributed by atoms with Gasteiger partial charge in [-0.15, -0.1) is 24.8 Å². The van der Waals surface area contributed by atoms with Crippen LogP contribution in [0, 0.1) is 0 Å². The average Bonchev–Trinajstić information content (AvgIpc) is 2.99. The quantitative estimate of drug-likeness (QED) is 0.731. The highest BCUT2D eigenvalue weighted by Crippen LogP contribution is 2.23. The second-order valence-corrected chi connectivity index (χ2v) is 5.47. The third kappa shape index (κ3) is 3.63. The molecule has 1 aliphatic rings. The molecule has 3 aromatic heterocycles. The molecule has 0 radical (unpaired) electrons. The Labute approximate surface area is 156 Å². The van der Waals surface area contributed by atoms with Gasteiger partial charge in [0.05, 0.1) is 24.2 Å². The normalized spacial score (nSPS) is 17.1. The Bertz CT molecular complexity index is 820. The number of nitrogens with zero attached hydrogens (tertiary/aromatic N) is 4. The largest absolute Gasteiger partial charge is 0.369 e. The molecule has 1 aliphatic heterocycles. The minimum absolute atomic E-state index is 0. The highest BCUT2D eigenvalue weighted by atomic mass is 35.5. The standard InChI is InChI=1S/C15H14ClN5O.2ClH/c16-14-4-5-15-18-8-12(21(15)20-14)10-2-1-3-11(19-10)13-9-17-6-7-22-13;;/h1-5,8,13,17H,6-7,9H2;2*1H. The Kier molecular flexibility index (Phi) is 6.37. The molecule has 9 heteroatoms. The number of halogens is 3. The summed E-state index contributed by atoms with van der Waals surface area (Å²) in [6.07, 6.45) is 1.73. The molecule has 6 nitrogen and oxygen atoms in total. The summed E-state index contributed by atoms with van der Waals surface area (Å²) < 4.78 is 7.46. The maximum atomic E-state index is 5.98. The summed E-state index contributed by atoms with van der Waals surface area (Å²) in [4.78, 5) is 9.05. The Morgan fingerprint density at radius 2 is 2.08 bits per heavy atom. The Morgan fingerprint density at radius 3 is 2.88 bits per heavy atom. The van der Waals surface area contributed by atoms with E-state index in [2.05, 4.69) is 15.4 Å². The summed E-state index contributed by atoms with van der Waals surface area (Å²) in [5, 5.41) is 8.02. The molecule has 1 unspecified atom stereocenters. The van der Waals surface area contributed by atoms with Gasteiger partial charge in [0.1, 0.15) is 17.0 Å². The third-order valence-corrected chi connectivity index (χ3v) is 3.82. The van der Waals surface area contributed by atoms with Crippen LogP contribution in [0.4, 0.5) is 0 Å². The Morgan fingerprint density at radius 1 is 1.21 bits per heavy atom. The van der Waals surface area contributed by atoms with Gasteiger partial charge in [0.25, 0.3) is 0 Å². The Balaban J connectivity index is 0.00000104. The van der Waals surface area contributed by atoms with Crippen LogP contribution in [0.1, 0.15) is 11.8 Å². The number of nitrogens with one attached hydrogen (secondary N) is 1. The first-order valence-electron chi connectivity index (χ1n) is 7.11. The van der Waals surface area contributed by atoms with E-state index in [0.29, 0.717) is 11.8 Å². The number of hydrogen-bond donors (Lipinski definition) is 1. The number of rotatable bonds is 2. The number of pyridine rings is 1. The molecule has 0 spiro atoms. The molecule has 1 atom stereocenters. The molecule has 3 aromatic rings. The minimum atomic E-state index is -0.0237. The van der Waals surface area contributed by atoms with Crippen LogP contribution in [0.3, 0.4) is 0 Å². The zero-order valence-corrected chi connectivity index (χ0v) is 14.9. The van der Waals surface area contributed by atoms with Gasteiger partial charge in [-0.05, 0) is 24.3 Å². The van der Waals surface area contributed by atoms with E-state index in [1.807, 2.05) is 24.3 Å². The number of fused-ring (bicyclic) bond motifs is 1.